The lowest BCUT2D eigenvalue weighted by Gasteiger charge is -2.55. The number of benzene rings is 1. The van der Waals surface area contributed by atoms with Crippen molar-refractivity contribution in [2.24, 2.45) is 0 Å². The smallest absolute Gasteiger partial charge is 0.147 e. The molecule has 0 N–H and O–H groups in total. The van der Waals surface area contributed by atoms with Crippen LogP contribution in [0, 0.1) is 0 Å². The van der Waals surface area contributed by atoms with Crippen LogP contribution in [0.2, 0.25) is 32.2 Å². The molecule has 1 aliphatic heterocycles. The maximum Gasteiger partial charge on any atom is 0.147 e. The first kappa shape index (κ1) is 15.2. The summed E-state index contributed by atoms with van der Waals surface area (Å²) in [5.41, 5.74) is 0. The fraction of sp³-hybridized carbons (Fsp3) is 0.429. The van der Waals surface area contributed by atoms with E-state index in [1.807, 2.05) is 0 Å². The van der Waals surface area contributed by atoms with Gasteiger partial charge >= 0.3 is 0 Å². The summed E-state index contributed by atoms with van der Waals surface area (Å²) in [5.74, 6) is 0. The van der Waals surface area contributed by atoms with Crippen molar-refractivity contribution in [2.75, 3.05) is 6.23 Å². The second-order valence-corrected chi connectivity index (χ2v) is 42.3. The van der Waals surface area contributed by atoms with Crippen molar-refractivity contribution in [1.29, 1.82) is 0 Å². The lowest BCUT2D eigenvalue weighted by atomic mass is 10.4. The first-order valence-corrected chi connectivity index (χ1v) is 20.4. The van der Waals surface area contributed by atoms with Gasteiger partial charge in [-0.2, -0.15) is 0 Å². The molecule has 2 rings (SSSR count). The van der Waals surface area contributed by atoms with Gasteiger partial charge in [-0.25, -0.2) is 0 Å². The number of rotatable bonds is 3. The van der Waals surface area contributed by atoms with Gasteiger partial charge in [0.15, 0.2) is 0 Å². The topological polar surface area (TPSA) is 9.23 Å². The molecule has 1 unspecified atom stereocenters. The van der Waals surface area contributed by atoms with Gasteiger partial charge in [0.1, 0.15) is 16.9 Å². The molecule has 0 spiro atoms. The van der Waals surface area contributed by atoms with Crippen molar-refractivity contribution >= 4 is 36.3 Å². The summed E-state index contributed by atoms with van der Waals surface area (Å²) in [6, 6.07) is 12.5. The van der Waals surface area contributed by atoms with Gasteiger partial charge in [-0.3, -0.25) is 0 Å². The Kier molecular flexibility index (Phi) is 4.23. The zero-order valence-corrected chi connectivity index (χ0v) is 17.1. The van der Waals surface area contributed by atoms with Crippen molar-refractivity contribution in [2.45, 2.75) is 32.2 Å². The second kappa shape index (κ2) is 5.29. The zero-order valence-electron chi connectivity index (χ0n) is 12.7. The molecule has 1 fully saturated rings. The molecular formula is C14H26OSi4. The predicted molar refractivity (Wildman–Crippen MR) is 96.3 cm³/mol. The maximum absolute atomic E-state index is 6.29. The highest BCUT2D eigenvalue weighted by atomic mass is 29.8. The van der Waals surface area contributed by atoms with Gasteiger partial charge in [0.2, 0.25) is 0 Å². The van der Waals surface area contributed by atoms with E-state index in [2.05, 4.69) is 69.2 Å². The molecule has 0 radical (unpaired) electrons. The van der Waals surface area contributed by atoms with Crippen LogP contribution in [0.15, 0.2) is 43.0 Å². The summed E-state index contributed by atoms with van der Waals surface area (Å²) < 4.78 is 6.29. The second-order valence-electron chi connectivity index (χ2n) is 6.94. The largest absolute Gasteiger partial charge is 0.431 e. The number of hydrogen-bond donors (Lipinski definition) is 0. The molecule has 1 saturated heterocycles. The van der Waals surface area contributed by atoms with Crippen LogP contribution < -0.4 is 5.19 Å². The molecule has 104 valence electrons. The molecule has 0 amide bonds. The van der Waals surface area contributed by atoms with E-state index in [0.717, 1.165) is 6.23 Å². The average Bonchev–Trinajstić information content (AvgIpc) is 2.37. The van der Waals surface area contributed by atoms with E-state index in [-0.39, 0.29) is 9.28 Å². The molecular weight excluding hydrogens is 296 g/mol. The summed E-state index contributed by atoms with van der Waals surface area (Å²) in [4.78, 5) is 0. The summed E-state index contributed by atoms with van der Waals surface area (Å²) >= 11 is 0. The molecule has 1 atom stereocenters. The van der Waals surface area contributed by atoms with Gasteiger partial charge < -0.3 is 4.43 Å². The SMILES string of the molecule is C=CC[Si]1(c2ccccc2)CO[SiH2][Si](C)(C)[Si]1(C)C. The minimum Gasteiger partial charge on any atom is -0.431 e. The number of hydrogen-bond acceptors (Lipinski definition) is 1. The van der Waals surface area contributed by atoms with Crippen molar-refractivity contribution in [1.82, 2.24) is 0 Å². The van der Waals surface area contributed by atoms with Crippen LogP contribution in [0.5, 0.6) is 0 Å². The Morgan fingerprint density at radius 3 is 2.42 bits per heavy atom. The monoisotopic (exact) mass is 322 g/mol. The number of allylic oxidation sites excluding steroid dienone is 1. The first-order chi connectivity index (χ1) is 8.87. The van der Waals surface area contributed by atoms with E-state index in [0.29, 0.717) is 0 Å². The van der Waals surface area contributed by atoms with E-state index in [4.69, 9.17) is 4.43 Å². The molecule has 1 nitrogen and oxygen atoms in total. The van der Waals surface area contributed by atoms with Crippen LogP contribution in [-0.2, 0) is 4.43 Å². The Morgan fingerprint density at radius 1 is 1.21 bits per heavy atom. The van der Waals surface area contributed by atoms with Gasteiger partial charge in [-0.1, -0.05) is 67.8 Å². The van der Waals surface area contributed by atoms with Gasteiger partial charge in [-0.15, -0.1) is 6.58 Å². The standard InChI is InChI=1S/C14H26OSi4/c1-6-12-19(14-10-8-7-9-11-14)13-15-16-17(2,3)18(19,4)5/h6-11H,1,12-13,16H2,2-5H3. The first-order valence-electron chi connectivity index (χ1n) is 7.12. The van der Waals surface area contributed by atoms with Crippen molar-refractivity contribution in [3.63, 3.8) is 0 Å². The van der Waals surface area contributed by atoms with Gasteiger partial charge in [-0.05, 0) is 6.04 Å². The molecule has 1 aromatic rings. The Labute approximate surface area is 122 Å². The summed E-state index contributed by atoms with van der Waals surface area (Å²) in [6.07, 6.45) is 3.25. The lowest BCUT2D eigenvalue weighted by molar-refractivity contribution is 0.412. The van der Waals surface area contributed by atoms with Crippen LogP contribution in [0.1, 0.15) is 0 Å². The third kappa shape index (κ3) is 2.31. The molecule has 1 aromatic carbocycles. The van der Waals surface area contributed by atoms with E-state index < -0.39 is 21.8 Å². The third-order valence-corrected chi connectivity index (χ3v) is 60.8. The minimum absolute atomic E-state index is 0.257. The highest BCUT2D eigenvalue weighted by molar-refractivity contribution is 7.80. The van der Waals surface area contributed by atoms with E-state index in [1.165, 1.54) is 6.04 Å². The van der Waals surface area contributed by atoms with E-state index in [1.54, 1.807) is 5.19 Å². The Hall–Kier alpha value is -0.212. The fourth-order valence-electron chi connectivity index (χ4n) is 3.37. The average molecular weight is 323 g/mol. The van der Waals surface area contributed by atoms with Crippen molar-refractivity contribution in [3.05, 3.63) is 43.0 Å². The van der Waals surface area contributed by atoms with Crippen LogP contribution >= 0.6 is 0 Å². The molecule has 5 heteroatoms. The quantitative estimate of drug-likeness (QED) is 0.613. The van der Waals surface area contributed by atoms with Crippen LogP contribution in [0.3, 0.4) is 0 Å². The Bertz CT molecular complexity index is 458. The fourth-order valence-corrected chi connectivity index (χ4v) is 54.6. The summed E-state index contributed by atoms with van der Waals surface area (Å²) in [5, 5.41) is 1.63. The Morgan fingerprint density at radius 2 is 1.84 bits per heavy atom. The van der Waals surface area contributed by atoms with Gasteiger partial charge in [0.05, 0.1) is 7.11 Å². The maximum atomic E-state index is 6.29. The molecule has 0 aromatic heterocycles. The van der Waals surface area contributed by atoms with Crippen LogP contribution in [0.25, 0.3) is 0 Å². The van der Waals surface area contributed by atoms with Crippen LogP contribution in [-0.4, -0.2) is 37.3 Å². The molecule has 0 aliphatic carbocycles. The van der Waals surface area contributed by atoms with Gasteiger partial charge in [0.25, 0.3) is 0 Å². The highest BCUT2D eigenvalue weighted by Gasteiger charge is 2.60. The highest BCUT2D eigenvalue weighted by Crippen LogP contribution is 2.34. The molecule has 1 heterocycles. The molecule has 1 aliphatic rings. The third-order valence-electron chi connectivity index (χ3n) is 5.52. The Balaban J connectivity index is 2.58. The van der Waals surface area contributed by atoms with Gasteiger partial charge in [0, 0.05) is 13.3 Å². The van der Waals surface area contributed by atoms with Crippen molar-refractivity contribution in [3.8, 4) is 0 Å². The normalized spacial score (nSPS) is 30.1. The zero-order chi connectivity index (χ0) is 14.1. The van der Waals surface area contributed by atoms with Crippen molar-refractivity contribution < 1.29 is 4.43 Å². The van der Waals surface area contributed by atoms with E-state index >= 15 is 0 Å². The predicted octanol–water partition coefficient (Wildman–Crippen LogP) is 2.25. The molecule has 0 bridgehead atoms. The molecule has 19 heavy (non-hydrogen) atoms. The summed E-state index contributed by atoms with van der Waals surface area (Å²) in [7, 11) is -4.10. The lowest BCUT2D eigenvalue weighted by Crippen LogP contribution is -2.84. The molecule has 0 saturated carbocycles. The summed E-state index contributed by atoms with van der Waals surface area (Å²) in [6.45, 7) is 14.6. The van der Waals surface area contributed by atoms with E-state index in [9.17, 15) is 0 Å². The minimum atomic E-state index is -1.53. The van der Waals surface area contributed by atoms with Crippen LogP contribution in [0.4, 0.5) is 0 Å².